The van der Waals surface area contributed by atoms with Crippen molar-refractivity contribution in [2.75, 3.05) is 26.0 Å². The largest absolute Gasteiger partial charge is 0.494 e. The SMILES string of the molecule is COc1cnc(NC2CCN(C)C2=O)nc1. The predicted octanol–water partition coefficient (Wildman–Crippen LogP) is 0.128. The molecule has 0 saturated carbocycles. The summed E-state index contributed by atoms with van der Waals surface area (Å²) in [4.78, 5) is 21.4. The lowest BCUT2D eigenvalue weighted by atomic mass is 10.2. The minimum atomic E-state index is -0.210. The topological polar surface area (TPSA) is 67.3 Å². The first-order valence-corrected chi connectivity index (χ1v) is 5.08. The van der Waals surface area contributed by atoms with E-state index in [1.807, 2.05) is 0 Å². The molecular formula is C10H14N4O2. The smallest absolute Gasteiger partial charge is 0.244 e. The van der Waals surface area contributed by atoms with Crippen molar-refractivity contribution in [1.29, 1.82) is 0 Å². The number of nitrogens with one attached hydrogen (secondary N) is 1. The Bertz CT molecular complexity index is 379. The highest BCUT2D eigenvalue weighted by molar-refractivity contribution is 5.85. The van der Waals surface area contributed by atoms with Gasteiger partial charge in [0.1, 0.15) is 6.04 Å². The molecule has 1 aromatic heterocycles. The molecule has 0 bridgehead atoms. The number of likely N-dealkylation sites (tertiary alicyclic amines) is 1. The number of hydrogen-bond donors (Lipinski definition) is 1. The van der Waals surface area contributed by atoms with Crippen molar-refractivity contribution in [3.8, 4) is 5.75 Å². The third-order valence-electron chi connectivity index (χ3n) is 2.59. The fraction of sp³-hybridized carbons (Fsp3) is 0.500. The predicted molar refractivity (Wildman–Crippen MR) is 58.2 cm³/mol. The quantitative estimate of drug-likeness (QED) is 0.787. The zero-order chi connectivity index (χ0) is 11.5. The van der Waals surface area contributed by atoms with Crippen LogP contribution in [0.25, 0.3) is 0 Å². The summed E-state index contributed by atoms with van der Waals surface area (Å²) in [6.07, 6.45) is 3.92. The molecule has 86 valence electrons. The molecule has 1 aromatic rings. The fourth-order valence-electron chi connectivity index (χ4n) is 1.61. The Morgan fingerprint density at radius 3 is 2.69 bits per heavy atom. The van der Waals surface area contributed by atoms with Gasteiger partial charge >= 0.3 is 0 Å². The molecule has 16 heavy (non-hydrogen) atoms. The Kier molecular flexibility index (Phi) is 2.89. The molecule has 0 radical (unpaired) electrons. The molecule has 2 heterocycles. The van der Waals surface area contributed by atoms with E-state index in [9.17, 15) is 4.79 Å². The Labute approximate surface area is 93.6 Å². The second-order valence-electron chi connectivity index (χ2n) is 3.69. The lowest BCUT2D eigenvalue weighted by Gasteiger charge is -2.11. The molecule has 0 aromatic carbocycles. The van der Waals surface area contributed by atoms with Gasteiger partial charge in [-0.15, -0.1) is 0 Å². The molecule has 0 spiro atoms. The summed E-state index contributed by atoms with van der Waals surface area (Å²) in [6, 6.07) is -0.210. The molecule has 1 aliphatic heterocycles. The van der Waals surface area contributed by atoms with E-state index in [0.717, 1.165) is 13.0 Å². The molecule has 6 nitrogen and oxygen atoms in total. The average Bonchev–Trinajstić information content (AvgIpc) is 2.62. The summed E-state index contributed by atoms with van der Waals surface area (Å²) in [7, 11) is 3.35. The highest BCUT2D eigenvalue weighted by Crippen LogP contribution is 2.14. The van der Waals surface area contributed by atoms with Crippen LogP contribution in [0.3, 0.4) is 0 Å². The molecule has 1 N–H and O–H groups in total. The molecule has 0 aliphatic carbocycles. The maximum absolute atomic E-state index is 11.6. The van der Waals surface area contributed by atoms with Gasteiger partial charge in [0.05, 0.1) is 19.5 Å². The summed E-state index contributed by atoms with van der Waals surface area (Å²) in [5, 5.41) is 3.00. The van der Waals surface area contributed by atoms with Gasteiger partial charge in [0.15, 0.2) is 5.75 Å². The van der Waals surface area contributed by atoms with Crippen molar-refractivity contribution >= 4 is 11.9 Å². The molecule has 1 aliphatic rings. The van der Waals surface area contributed by atoms with E-state index in [-0.39, 0.29) is 11.9 Å². The second kappa shape index (κ2) is 4.34. The van der Waals surface area contributed by atoms with Crippen molar-refractivity contribution in [2.45, 2.75) is 12.5 Å². The van der Waals surface area contributed by atoms with Crippen LogP contribution in [-0.4, -0.2) is 47.5 Å². The lowest BCUT2D eigenvalue weighted by Crippen LogP contribution is -2.31. The number of hydrogen-bond acceptors (Lipinski definition) is 5. The number of ether oxygens (including phenoxy) is 1. The number of methoxy groups -OCH3 is 1. The Balaban J connectivity index is 2.01. The van der Waals surface area contributed by atoms with Crippen molar-refractivity contribution in [3.05, 3.63) is 12.4 Å². The van der Waals surface area contributed by atoms with E-state index in [1.165, 1.54) is 0 Å². The number of anilines is 1. The van der Waals surface area contributed by atoms with E-state index in [4.69, 9.17) is 4.74 Å². The molecule has 2 rings (SSSR count). The second-order valence-corrected chi connectivity index (χ2v) is 3.69. The van der Waals surface area contributed by atoms with Crippen molar-refractivity contribution in [3.63, 3.8) is 0 Å². The van der Waals surface area contributed by atoms with Gasteiger partial charge in [-0.3, -0.25) is 4.79 Å². The highest BCUT2D eigenvalue weighted by Gasteiger charge is 2.29. The fourth-order valence-corrected chi connectivity index (χ4v) is 1.61. The van der Waals surface area contributed by atoms with Crippen molar-refractivity contribution in [1.82, 2.24) is 14.9 Å². The van der Waals surface area contributed by atoms with Crippen LogP contribution in [0.1, 0.15) is 6.42 Å². The maximum atomic E-state index is 11.6. The Morgan fingerprint density at radius 1 is 1.50 bits per heavy atom. The molecule has 1 fully saturated rings. The van der Waals surface area contributed by atoms with E-state index in [0.29, 0.717) is 11.7 Å². The van der Waals surface area contributed by atoms with Crippen LogP contribution in [-0.2, 0) is 4.79 Å². The summed E-state index contributed by atoms with van der Waals surface area (Å²) in [5.74, 6) is 1.13. The molecular weight excluding hydrogens is 208 g/mol. The summed E-state index contributed by atoms with van der Waals surface area (Å²) in [5.41, 5.74) is 0. The number of aromatic nitrogens is 2. The highest BCUT2D eigenvalue weighted by atomic mass is 16.5. The first-order valence-electron chi connectivity index (χ1n) is 5.08. The summed E-state index contributed by atoms with van der Waals surface area (Å²) in [6.45, 7) is 0.770. The summed E-state index contributed by atoms with van der Waals surface area (Å²) < 4.78 is 4.95. The number of nitrogens with zero attached hydrogens (tertiary/aromatic N) is 3. The van der Waals surface area contributed by atoms with Gasteiger partial charge in [-0.1, -0.05) is 0 Å². The van der Waals surface area contributed by atoms with E-state index >= 15 is 0 Å². The number of amides is 1. The third kappa shape index (κ3) is 2.05. The maximum Gasteiger partial charge on any atom is 0.244 e. The first kappa shape index (κ1) is 10.7. The lowest BCUT2D eigenvalue weighted by molar-refractivity contribution is -0.127. The van der Waals surface area contributed by atoms with Crippen LogP contribution in [0.15, 0.2) is 12.4 Å². The van der Waals surface area contributed by atoms with E-state index < -0.39 is 0 Å². The van der Waals surface area contributed by atoms with E-state index in [1.54, 1.807) is 31.5 Å². The van der Waals surface area contributed by atoms with Crippen LogP contribution >= 0.6 is 0 Å². The molecule has 1 saturated heterocycles. The van der Waals surface area contributed by atoms with Gasteiger partial charge in [0.25, 0.3) is 0 Å². The van der Waals surface area contributed by atoms with Crippen molar-refractivity contribution < 1.29 is 9.53 Å². The monoisotopic (exact) mass is 222 g/mol. The van der Waals surface area contributed by atoms with Crippen LogP contribution in [0.5, 0.6) is 5.75 Å². The molecule has 1 unspecified atom stereocenters. The van der Waals surface area contributed by atoms with Gasteiger partial charge in [-0.25, -0.2) is 9.97 Å². The minimum Gasteiger partial charge on any atom is -0.494 e. The van der Waals surface area contributed by atoms with Gasteiger partial charge in [0, 0.05) is 13.6 Å². The number of carbonyl (C=O) groups excluding carboxylic acids is 1. The van der Waals surface area contributed by atoms with Crippen LogP contribution < -0.4 is 10.1 Å². The zero-order valence-corrected chi connectivity index (χ0v) is 9.30. The number of likely N-dealkylation sites (N-methyl/N-ethyl adjacent to an activating group) is 1. The van der Waals surface area contributed by atoms with Crippen LogP contribution in [0.2, 0.25) is 0 Å². The van der Waals surface area contributed by atoms with Crippen LogP contribution in [0.4, 0.5) is 5.95 Å². The third-order valence-corrected chi connectivity index (χ3v) is 2.59. The Morgan fingerprint density at radius 2 is 2.19 bits per heavy atom. The average molecular weight is 222 g/mol. The van der Waals surface area contributed by atoms with Gasteiger partial charge in [0.2, 0.25) is 11.9 Å². The Hall–Kier alpha value is -1.85. The van der Waals surface area contributed by atoms with Gasteiger partial charge in [-0.05, 0) is 6.42 Å². The van der Waals surface area contributed by atoms with Crippen LogP contribution in [0, 0.1) is 0 Å². The molecule has 1 atom stereocenters. The first-order chi connectivity index (χ1) is 7.70. The van der Waals surface area contributed by atoms with Crippen molar-refractivity contribution in [2.24, 2.45) is 0 Å². The summed E-state index contributed by atoms with van der Waals surface area (Å²) >= 11 is 0. The minimum absolute atomic E-state index is 0.0828. The zero-order valence-electron chi connectivity index (χ0n) is 9.30. The molecule has 1 amide bonds. The van der Waals surface area contributed by atoms with E-state index in [2.05, 4.69) is 15.3 Å². The normalized spacial score (nSPS) is 20.0. The molecule has 6 heteroatoms. The standard InChI is InChI=1S/C10H14N4O2/c1-14-4-3-8(9(14)15)13-10-11-5-7(16-2)6-12-10/h5-6,8H,3-4H2,1-2H3,(H,11,12,13). The number of rotatable bonds is 3. The van der Waals surface area contributed by atoms with Gasteiger partial charge in [-0.2, -0.15) is 0 Å². The van der Waals surface area contributed by atoms with Gasteiger partial charge < -0.3 is 15.0 Å². The number of carbonyl (C=O) groups is 1.